The van der Waals surface area contributed by atoms with Crippen molar-refractivity contribution in [2.45, 2.75) is 46.3 Å². The molecule has 0 spiro atoms. The molecule has 1 aromatic rings. The van der Waals surface area contributed by atoms with Gasteiger partial charge in [-0.15, -0.1) is 12.4 Å². The van der Waals surface area contributed by atoms with Crippen LogP contribution in [0.5, 0.6) is 5.75 Å². The van der Waals surface area contributed by atoms with Crippen LogP contribution in [0.4, 0.5) is 0 Å². The van der Waals surface area contributed by atoms with Crippen LogP contribution in [0.25, 0.3) is 0 Å². The number of rotatable bonds is 3. The molecular formula is C14H24ClNO2. The summed E-state index contributed by atoms with van der Waals surface area (Å²) in [7, 11) is 0. The maximum Gasteiger partial charge on any atom is 0.121 e. The standard InChI is InChI=1S/C14H23NO2.ClH/c1-9-5-6-11(16)10(7-9)12(17)8-13(15)14(2,3)4;/h5-7,12-13,16-17H,8,15H2,1-4H3;1H/t12-,13-;/m0./s1. The molecule has 3 nitrogen and oxygen atoms in total. The molecule has 1 aromatic carbocycles. The van der Waals surface area contributed by atoms with Crippen molar-refractivity contribution >= 4 is 12.4 Å². The monoisotopic (exact) mass is 273 g/mol. The van der Waals surface area contributed by atoms with Gasteiger partial charge in [0.15, 0.2) is 0 Å². The number of hydrogen-bond acceptors (Lipinski definition) is 3. The second kappa shape index (κ2) is 6.41. The Kier molecular flexibility index (Phi) is 6.14. The lowest BCUT2D eigenvalue weighted by Crippen LogP contribution is -2.36. The molecule has 0 heterocycles. The van der Waals surface area contributed by atoms with Crippen molar-refractivity contribution in [1.82, 2.24) is 0 Å². The van der Waals surface area contributed by atoms with Gasteiger partial charge in [-0.1, -0.05) is 32.4 Å². The lowest BCUT2D eigenvalue weighted by atomic mass is 9.83. The fraction of sp³-hybridized carbons (Fsp3) is 0.571. The van der Waals surface area contributed by atoms with E-state index in [9.17, 15) is 10.2 Å². The quantitative estimate of drug-likeness (QED) is 0.793. The van der Waals surface area contributed by atoms with Gasteiger partial charge in [0.05, 0.1) is 6.10 Å². The van der Waals surface area contributed by atoms with Gasteiger partial charge in [-0.2, -0.15) is 0 Å². The molecule has 18 heavy (non-hydrogen) atoms. The smallest absolute Gasteiger partial charge is 0.121 e. The highest BCUT2D eigenvalue weighted by atomic mass is 35.5. The zero-order chi connectivity index (χ0) is 13.2. The molecule has 0 unspecified atom stereocenters. The first-order chi connectivity index (χ1) is 7.71. The van der Waals surface area contributed by atoms with Crippen LogP contribution in [-0.2, 0) is 0 Å². The molecule has 0 bridgehead atoms. The molecule has 0 fully saturated rings. The van der Waals surface area contributed by atoms with Crippen LogP contribution in [0, 0.1) is 12.3 Å². The molecule has 0 aliphatic rings. The number of benzene rings is 1. The largest absolute Gasteiger partial charge is 0.508 e. The Balaban J connectivity index is 0.00000289. The van der Waals surface area contributed by atoms with Gasteiger partial charge in [0.2, 0.25) is 0 Å². The van der Waals surface area contributed by atoms with Crippen molar-refractivity contribution in [3.05, 3.63) is 29.3 Å². The first kappa shape index (κ1) is 17.2. The van der Waals surface area contributed by atoms with Gasteiger partial charge in [0.25, 0.3) is 0 Å². The highest BCUT2D eigenvalue weighted by molar-refractivity contribution is 5.85. The maximum atomic E-state index is 10.1. The second-order valence-corrected chi connectivity index (χ2v) is 5.79. The fourth-order valence-corrected chi connectivity index (χ4v) is 1.66. The summed E-state index contributed by atoms with van der Waals surface area (Å²) in [5.41, 5.74) is 7.56. The lowest BCUT2D eigenvalue weighted by Gasteiger charge is -2.29. The number of halogens is 1. The number of phenolic OH excluding ortho intramolecular Hbond substituents is 1. The van der Waals surface area contributed by atoms with Crippen LogP contribution in [0.1, 0.15) is 44.4 Å². The predicted molar refractivity (Wildman–Crippen MR) is 77.1 cm³/mol. The van der Waals surface area contributed by atoms with E-state index in [-0.39, 0.29) is 29.6 Å². The summed E-state index contributed by atoms with van der Waals surface area (Å²) in [6.07, 6.45) is -0.273. The predicted octanol–water partition coefficient (Wildman–Crippen LogP) is 2.92. The minimum atomic E-state index is -0.718. The lowest BCUT2D eigenvalue weighted by molar-refractivity contribution is 0.130. The number of phenols is 1. The van der Waals surface area contributed by atoms with Gasteiger partial charge in [0.1, 0.15) is 5.75 Å². The number of aliphatic hydroxyl groups is 1. The van der Waals surface area contributed by atoms with Crippen LogP contribution in [0.3, 0.4) is 0 Å². The van der Waals surface area contributed by atoms with Gasteiger partial charge >= 0.3 is 0 Å². The summed E-state index contributed by atoms with van der Waals surface area (Å²) < 4.78 is 0. The van der Waals surface area contributed by atoms with E-state index in [1.54, 1.807) is 12.1 Å². The molecule has 0 saturated heterocycles. The van der Waals surface area contributed by atoms with Crippen molar-refractivity contribution in [2.75, 3.05) is 0 Å². The Labute approximate surface area is 115 Å². The summed E-state index contributed by atoms with van der Waals surface area (Å²) in [5, 5.41) is 19.8. The molecule has 4 N–H and O–H groups in total. The van der Waals surface area contributed by atoms with Crippen molar-refractivity contribution < 1.29 is 10.2 Å². The number of aliphatic hydroxyl groups excluding tert-OH is 1. The topological polar surface area (TPSA) is 66.5 Å². The van der Waals surface area contributed by atoms with Gasteiger partial charge in [-0.05, 0) is 30.9 Å². The van der Waals surface area contributed by atoms with Gasteiger partial charge in [-0.3, -0.25) is 0 Å². The highest BCUT2D eigenvalue weighted by Crippen LogP contribution is 2.31. The average molecular weight is 274 g/mol. The maximum absolute atomic E-state index is 10.1. The summed E-state index contributed by atoms with van der Waals surface area (Å²) in [5.74, 6) is 0.129. The van der Waals surface area contributed by atoms with Crippen LogP contribution >= 0.6 is 12.4 Å². The molecular weight excluding hydrogens is 250 g/mol. The SMILES string of the molecule is Cc1ccc(O)c([C@@H](O)C[C@H](N)C(C)(C)C)c1.Cl. The van der Waals surface area contributed by atoms with Crippen molar-refractivity contribution in [1.29, 1.82) is 0 Å². The third-order valence-corrected chi connectivity index (χ3v) is 3.13. The van der Waals surface area contributed by atoms with Gasteiger partial charge < -0.3 is 15.9 Å². The van der Waals surface area contributed by atoms with E-state index in [0.717, 1.165) is 5.56 Å². The molecule has 0 amide bonds. The minimum absolute atomic E-state index is 0. The number of aromatic hydroxyl groups is 1. The number of hydrogen-bond donors (Lipinski definition) is 3. The third-order valence-electron chi connectivity index (χ3n) is 3.13. The Bertz CT molecular complexity index is 388. The summed E-state index contributed by atoms with van der Waals surface area (Å²) in [6, 6.07) is 5.11. The Morgan fingerprint density at radius 1 is 1.28 bits per heavy atom. The van der Waals surface area contributed by atoms with Crippen molar-refractivity contribution in [2.24, 2.45) is 11.1 Å². The zero-order valence-electron chi connectivity index (χ0n) is 11.5. The molecule has 0 aromatic heterocycles. The minimum Gasteiger partial charge on any atom is -0.508 e. The molecule has 0 radical (unpaired) electrons. The molecule has 0 aliphatic heterocycles. The van der Waals surface area contributed by atoms with E-state index in [0.29, 0.717) is 12.0 Å². The fourth-order valence-electron chi connectivity index (χ4n) is 1.66. The van der Waals surface area contributed by atoms with E-state index in [1.165, 1.54) is 0 Å². The van der Waals surface area contributed by atoms with Crippen molar-refractivity contribution in [3.63, 3.8) is 0 Å². The highest BCUT2D eigenvalue weighted by Gasteiger charge is 2.25. The van der Waals surface area contributed by atoms with Crippen LogP contribution in [-0.4, -0.2) is 16.3 Å². The molecule has 0 aliphatic carbocycles. The first-order valence-electron chi connectivity index (χ1n) is 5.95. The van der Waals surface area contributed by atoms with E-state index < -0.39 is 6.10 Å². The zero-order valence-corrected chi connectivity index (χ0v) is 12.3. The van der Waals surface area contributed by atoms with Gasteiger partial charge in [-0.25, -0.2) is 0 Å². The van der Waals surface area contributed by atoms with Crippen LogP contribution in [0.15, 0.2) is 18.2 Å². The van der Waals surface area contributed by atoms with E-state index >= 15 is 0 Å². The third kappa shape index (κ3) is 4.48. The second-order valence-electron chi connectivity index (χ2n) is 5.79. The normalized spacial score (nSPS) is 14.8. The summed E-state index contributed by atoms with van der Waals surface area (Å²) in [4.78, 5) is 0. The van der Waals surface area contributed by atoms with E-state index in [2.05, 4.69) is 0 Å². The Morgan fingerprint density at radius 3 is 2.33 bits per heavy atom. The molecule has 2 atom stereocenters. The summed E-state index contributed by atoms with van der Waals surface area (Å²) in [6.45, 7) is 8.06. The summed E-state index contributed by atoms with van der Waals surface area (Å²) >= 11 is 0. The van der Waals surface area contributed by atoms with E-state index in [4.69, 9.17) is 5.73 Å². The van der Waals surface area contributed by atoms with Crippen LogP contribution < -0.4 is 5.73 Å². The molecule has 0 saturated carbocycles. The Hall–Kier alpha value is -0.770. The molecule has 4 heteroatoms. The number of nitrogens with two attached hydrogens (primary N) is 1. The molecule has 1 rings (SSSR count). The number of aryl methyl sites for hydroxylation is 1. The molecule has 104 valence electrons. The van der Waals surface area contributed by atoms with Crippen LogP contribution in [0.2, 0.25) is 0 Å². The first-order valence-corrected chi connectivity index (χ1v) is 5.95. The van der Waals surface area contributed by atoms with E-state index in [1.807, 2.05) is 33.8 Å². The average Bonchev–Trinajstić information content (AvgIpc) is 2.20. The Morgan fingerprint density at radius 2 is 1.83 bits per heavy atom. The van der Waals surface area contributed by atoms with Crippen molar-refractivity contribution in [3.8, 4) is 5.75 Å². The van der Waals surface area contributed by atoms with Gasteiger partial charge in [0, 0.05) is 11.6 Å².